The SMILES string of the molecule is CCNC(=O)[C@H](Cc1ccccc1)N(Cc1c(Cl)cccc1Cl)C(=O)CCCN(c1ccccc1F)S(C)(=O)=O. The fourth-order valence-electron chi connectivity index (χ4n) is 4.34. The summed E-state index contributed by atoms with van der Waals surface area (Å²) in [6, 6.07) is 19.0. The Morgan fingerprint density at radius 3 is 2.17 bits per heavy atom. The van der Waals surface area contributed by atoms with Crippen LogP contribution in [0.5, 0.6) is 0 Å². The van der Waals surface area contributed by atoms with Crippen LogP contribution < -0.4 is 9.62 Å². The van der Waals surface area contributed by atoms with Crippen LogP contribution in [0.1, 0.15) is 30.9 Å². The van der Waals surface area contributed by atoms with Crippen LogP contribution in [0.3, 0.4) is 0 Å². The Bertz CT molecular complexity index is 1400. The number of sulfonamides is 1. The number of hydrogen-bond acceptors (Lipinski definition) is 4. The topological polar surface area (TPSA) is 86.8 Å². The van der Waals surface area contributed by atoms with Gasteiger partial charge in [0.15, 0.2) is 0 Å². The molecule has 40 heavy (non-hydrogen) atoms. The minimum atomic E-state index is -3.83. The molecule has 3 aromatic rings. The van der Waals surface area contributed by atoms with Crippen LogP contribution in [0.4, 0.5) is 10.1 Å². The maximum absolute atomic E-state index is 14.4. The summed E-state index contributed by atoms with van der Waals surface area (Å²) >= 11 is 12.9. The number of hydrogen-bond donors (Lipinski definition) is 1. The highest BCUT2D eigenvalue weighted by atomic mass is 35.5. The molecule has 11 heteroatoms. The van der Waals surface area contributed by atoms with Crippen LogP contribution >= 0.6 is 23.2 Å². The zero-order valence-electron chi connectivity index (χ0n) is 22.3. The molecule has 0 fully saturated rings. The van der Waals surface area contributed by atoms with Crippen LogP contribution in [0.2, 0.25) is 10.0 Å². The van der Waals surface area contributed by atoms with E-state index in [1.807, 2.05) is 30.3 Å². The number of benzene rings is 3. The Labute approximate surface area is 244 Å². The molecule has 0 radical (unpaired) electrons. The predicted molar refractivity (Wildman–Crippen MR) is 157 cm³/mol. The van der Waals surface area contributed by atoms with E-state index in [9.17, 15) is 22.4 Å². The molecular weight excluding hydrogens is 576 g/mol. The van der Waals surface area contributed by atoms with Crippen molar-refractivity contribution in [1.29, 1.82) is 0 Å². The van der Waals surface area contributed by atoms with Crippen LogP contribution in [0, 0.1) is 5.82 Å². The van der Waals surface area contributed by atoms with E-state index in [1.54, 1.807) is 25.1 Å². The Morgan fingerprint density at radius 1 is 0.950 bits per heavy atom. The average Bonchev–Trinajstić information content (AvgIpc) is 2.90. The summed E-state index contributed by atoms with van der Waals surface area (Å²) in [6.45, 7) is 1.99. The lowest BCUT2D eigenvalue weighted by Crippen LogP contribution is -2.50. The second kappa shape index (κ2) is 14.5. The van der Waals surface area contributed by atoms with E-state index in [-0.39, 0.29) is 43.9 Å². The fourth-order valence-corrected chi connectivity index (χ4v) is 5.82. The lowest BCUT2D eigenvalue weighted by atomic mass is 10.0. The fraction of sp³-hybridized carbons (Fsp3) is 0.310. The van der Waals surface area contributed by atoms with Gasteiger partial charge in [0.2, 0.25) is 21.8 Å². The van der Waals surface area contributed by atoms with Gasteiger partial charge in [-0.2, -0.15) is 0 Å². The second-order valence-electron chi connectivity index (χ2n) is 9.21. The third kappa shape index (κ3) is 8.43. The number of carbonyl (C=O) groups excluding carboxylic acids is 2. The maximum atomic E-state index is 14.4. The Morgan fingerprint density at radius 2 is 1.57 bits per heavy atom. The number of para-hydroxylation sites is 1. The molecule has 1 N–H and O–H groups in total. The molecule has 1 atom stereocenters. The summed E-state index contributed by atoms with van der Waals surface area (Å²) in [7, 11) is -3.83. The van der Waals surface area contributed by atoms with Crippen LogP contribution in [0.15, 0.2) is 72.8 Å². The third-order valence-electron chi connectivity index (χ3n) is 6.29. The zero-order valence-corrected chi connectivity index (χ0v) is 24.6. The lowest BCUT2D eigenvalue weighted by Gasteiger charge is -2.32. The molecule has 0 aliphatic carbocycles. The summed E-state index contributed by atoms with van der Waals surface area (Å²) in [5.41, 5.74) is 1.25. The smallest absolute Gasteiger partial charge is 0.243 e. The van der Waals surface area contributed by atoms with E-state index < -0.39 is 27.8 Å². The van der Waals surface area contributed by atoms with Gasteiger partial charge in [-0.3, -0.25) is 13.9 Å². The molecule has 0 aromatic heterocycles. The molecule has 3 aromatic carbocycles. The highest BCUT2D eigenvalue weighted by Gasteiger charge is 2.31. The molecule has 2 amide bonds. The standard InChI is InChI=1S/C29H32Cl2FN3O4S/c1-3-33-29(37)27(19-21-11-5-4-6-12-21)34(20-22-23(30)13-9-14-24(22)31)28(36)17-10-18-35(40(2,38)39)26-16-8-7-15-25(26)32/h4-9,11-16,27H,3,10,17-20H2,1-2H3,(H,33,37)/t27-/m0/s1. The van der Waals surface area contributed by atoms with E-state index >= 15 is 0 Å². The first kappa shape index (κ1) is 31.4. The monoisotopic (exact) mass is 607 g/mol. The van der Waals surface area contributed by atoms with E-state index in [0.717, 1.165) is 16.1 Å². The first-order valence-corrected chi connectivity index (χ1v) is 15.4. The van der Waals surface area contributed by atoms with E-state index in [2.05, 4.69) is 5.32 Å². The molecule has 0 heterocycles. The second-order valence-corrected chi connectivity index (χ2v) is 11.9. The minimum absolute atomic E-state index is 0.0327. The van der Waals surface area contributed by atoms with Gasteiger partial charge in [-0.1, -0.05) is 71.7 Å². The number of likely N-dealkylation sites (N-methyl/N-ethyl adjacent to an activating group) is 1. The van der Waals surface area contributed by atoms with Gasteiger partial charge in [-0.25, -0.2) is 12.8 Å². The van der Waals surface area contributed by atoms with Gasteiger partial charge in [0, 0.05) is 48.1 Å². The Balaban J connectivity index is 1.91. The number of anilines is 1. The highest BCUT2D eigenvalue weighted by molar-refractivity contribution is 7.92. The van der Waals surface area contributed by atoms with Crippen LogP contribution in [0.25, 0.3) is 0 Å². The van der Waals surface area contributed by atoms with Crippen molar-refractivity contribution in [2.75, 3.05) is 23.7 Å². The van der Waals surface area contributed by atoms with Gasteiger partial charge in [-0.15, -0.1) is 0 Å². The van der Waals surface area contributed by atoms with Crippen molar-refractivity contribution in [3.05, 3.63) is 99.8 Å². The molecule has 0 spiro atoms. The van der Waals surface area contributed by atoms with Crippen molar-refractivity contribution in [2.45, 2.75) is 38.8 Å². The average molecular weight is 609 g/mol. The molecule has 0 aliphatic rings. The van der Waals surface area contributed by atoms with Crippen molar-refractivity contribution < 1.29 is 22.4 Å². The van der Waals surface area contributed by atoms with Gasteiger partial charge in [0.05, 0.1) is 11.9 Å². The van der Waals surface area contributed by atoms with E-state index in [4.69, 9.17) is 23.2 Å². The van der Waals surface area contributed by atoms with E-state index in [1.165, 1.54) is 29.2 Å². The number of halogens is 3. The Hall–Kier alpha value is -3.14. The summed E-state index contributed by atoms with van der Waals surface area (Å²) in [5.74, 6) is -1.43. The number of rotatable bonds is 13. The van der Waals surface area contributed by atoms with Crippen molar-refractivity contribution >= 4 is 50.7 Å². The minimum Gasteiger partial charge on any atom is -0.355 e. The van der Waals surface area contributed by atoms with E-state index in [0.29, 0.717) is 22.2 Å². The van der Waals surface area contributed by atoms with Crippen molar-refractivity contribution in [2.24, 2.45) is 0 Å². The first-order valence-electron chi connectivity index (χ1n) is 12.8. The molecule has 0 saturated heterocycles. The molecule has 3 rings (SSSR count). The molecule has 7 nitrogen and oxygen atoms in total. The molecular formula is C29H32Cl2FN3O4S. The van der Waals surface area contributed by atoms with Crippen molar-refractivity contribution in [3.8, 4) is 0 Å². The number of amides is 2. The summed E-state index contributed by atoms with van der Waals surface area (Å²) in [6.07, 6.45) is 1.21. The quantitative estimate of drug-likeness (QED) is 0.280. The van der Waals surface area contributed by atoms with Gasteiger partial charge in [-0.05, 0) is 43.2 Å². The largest absolute Gasteiger partial charge is 0.355 e. The normalized spacial score (nSPS) is 12.0. The third-order valence-corrected chi connectivity index (χ3v) is 8.17. The number of nitrogens with zero attached hydrogens (tertiary/aromatic N) is 2. The van der Waals surface area contributed by atoms with Gasteiger partial charge < -0.3 is 10.2 Å². The van der Waals surface area contributed by atoms with Crippen molar-refractivity contribution in [1.82, 2.24) is 10.2 Å². The summed E-state index contributed by atoms with van der Waals surface area (Å²) in [4.78, 5) is 28.5. The zero-order chi connectivity index (χ0) is 29.3. The van der Waals surface area contributed by atoms with Gasteiger partial charge in [0.25, 0.3) is 0 Å². The molecule has 0 unspecified atom stereocenters. The van der Waals surface area contributed by atoms with Crippen LogP contribution in [-0.4, -0.2) is 50.5 Å². The molecule has 0 saturated carbocycles. The van der Waals surface area contributed by atoms with Crippen LogP contribution in [-0.2, 0) is 32.6 Å². The van der Waals surface area contributed by atoms with Gasteiger partial charge >= 0.3 is 0 Å². The maximum Gasteiger partial charge on any atom is 0.243 e. The molecule has 0 aliphatic heterocycles. The number of carbonyl (C=O) groups is 2. The summed E-state index contributed by atoms with van der Waals surface area (Å²) in [5, 5.41) is 3.51. The molecule has 214 valence electrons. The number of nitrogens with one attached hydrogen (secondary N) is 1. The first-order chi connectivity index (χ1) is 19.0. The molecule has 0 bridgehead atoms. The predicted octanol–water partition coefficient (Wildman–Crippen LogP) is 5.45. The lowest BCUT2D eigenvalue weighted by molar-refractivity contribution is -0.141. The summed E-state index contributed by atoms with van der Waals surface area (Å²) < 4.78 is 40.3. The highest BCUT2D eigenvalue weighted by Crippen LogP contribution is 2.28. The van der Waals surface area contributed by atoms with Gasteiger partial charge in [0.1, 0.15) is 11.9 Å². The Kier molecular flexibility index (Phi) is 11.4. The van der Waals surface area contributed by atoms with Crippen molar-refractivity contribution in [3.63, 3.8) is 0 Å².